The van der Waals surface area contributed by atoms with E-state index in [0.29, 0.717) is 16.8 Å². The molecule has 5 heteroatoms. The Morgan fingerprint density at radius 2 is 1.53 bits per heavy atom. The third-order valence-electron chi connectivity index (χ3n) is 5.59. The fraction of sp³-hybridized carbons (Fsp3) is 0.0741. The molecule has 1 aliphatic rings. The second kappa shape index (κ2) is 9.28. The Morgan fingerprint density at radius 3 is 2.38 bits per heavy atom. The topological polar surface area (TPSA) is 50.0 Å². The first kappa shape index (κ1) is 21.7. The summed E-state index contributed by atoms with van der Waals surface area (Å²) in [7, 11) is 0. The Labute approximate surface area is 197 Å². The lowest BCUT2D eigenvalue weighted by molar-refractivity contribution is -0.682. The number of pyridine rings is 1. The van der Waals surface area contributed by atoms with Gasteiger partial charge in [0.2, 0.25) is 12.3 Å². The number of nitrogens with zero attached hydrogens (tertiary/aromatic N) is 1. The highest BCUT2D eigenvalue weighted by Crippen LogP contribution is 2.36. The van der Waals surface area contributed by atoms with Crippen molar-refractivity contribution < 1.29 is 31.1 Å². The molecule has 0 saturated heterocycles. The summed E-state index contributed by atoms with van der Waals surface area (Å²) >= 11 is 0. The minimum absolute atomic E-state index is 0. The summed E-state index contributed by atoms with van der Waals surface area (Å²) in [5, 5.41) is 2.88. The van der Waals surface area contributed by atoms with E-state index in [1.54, 1.807) is 22.9 Å². The molecule has 4 nitrogen and oxygen atoms in total. The smallest absolute Gasteiger partial charge is 0.255 e. The van der Waals surface area contributed by atoms with Crippen LogP contribution in [0.4, 0.5) is 5.69 Å². The van der Waals surface area contributed by atoms with E-state index in [1.807, 2.05) is 54.7 Å². The van der Waals surface area contributed by atoms with E-state index in [-0.39, 0.29) is 35.2 Å². The van der Waals surface area contributed by atoms with Gasteiger partial charge in [-0.05, 0) is 52.9 Å². The van der Waals surface area contributed by atoms with Crippen LogP contribution in [-0.2, 0) is 13.0 Å². The lowest BCUT2D eigenvalue weighted by Crippen LogP contribution is -3.00. The summed E-state index contributed by atoms with van der Waals surface area (Å²) in [5.74, 6) is -0.141. The van der Waals surface area contributed by atoms with Crippen molar-refractivity contribution in [2.24, 2.45) is 0 Å². The number of halogens is 1. The van der Waals surface area contributed by atoms with Crippen LogP contribution in [0.2, 0.25) is 0 Å². The van der Waals surface area contributed by atoms with E-state index < -0.39 is 0 Å². The van der Waals surface area contributed by atoms with Crippen molar-refractivity contribution in [3.05, 3.63) is 120 Å². The van der Waals surface area contributed by atoms with Crippen molar-refractivity contribution in [1.82, 2.24) is 0 Å². The van der Waals surface area contributed by atoms with Crippen LogP contribution >= 0.6 is 0 Å². The molecule has 0 saturated carbocycles. The fourth-order valence-corrected chi connectivity index (χ4v) is 4.06. The number of fused-ring (bicyclic) bond motifs is 3. The summed E-state index contributed by atoms with van der Waals surface area (Å²) in [6.07, 6.45) is 4.47. The number of Topliss-reactive ketones (excluding diaryl/α,β-unsaturated/α-hetero) is 1. The van der Waals surface area contributed by atoms with Crippen LogP contribution < -0.4 is 26.9 Å². The molecule has 5 rings (SSSR count). The number of nitrogens with one attached hydrogen (secondary N) is 1. The number of amides is 1. The molecule has 1 amide bonds. The first-order valence-corrected chi connectivity index (χ1v) is 10.3. The second-order valence-electron chi connectivity index (χ2n) is 7.71. The van der Waals surface area contributed by atoms with Gasteiger partial charge in [-0.15, -0.1) is 0 Å². The number of anilines is 1. The van der Waals surface area contributed by atoms with E-state index in [0.717, 1.165) is 6.42 Å². The Balaban J connectivity index is 0.00000245. The van der Waals surface area contributed by atoms with Crippen molar-refractivity contribution in [3.8, 4) is 11.1 Å². The first-order valence-electron chi connectivity index (χ1n) is 10.3. The quantitative estimate of drug-likeness (QED) is 0.304. The van der Waals surface area contributed by atoms with Gasteiger partial charge in [-0.25, -0.2) is 0 Å². The molecule has 3 aromatic carbocycles. The van der Waals surface area contributed by atoms with E-state index >= 15 is 0 Å². The van der Waals surface area contributed by atoms with Gasteiger partial charge in [0.25, 0.3) is 5.91 Å². The minimum atomic E-state index is -0.178. The molecular weight excluding hydrogens is 464 g/mol. The molecule has 32 heavy (non-hydrogen) atoms. The summed E-state index contributed by atoms with van der Waals surface area (Å²) in [5.41, 5.74) is 6.91. The molecule has 1 heterocycles. The van der Waals surface area contributed by atoms with Crippen LogP contribution in [0.25, 0.3) is 11.1 Å². The predicted octanol–water partition coefficient (Wildman–Crippen LogP) is 1.68. The molecule has 0 aliphatic heterocycles. The van der Waals surface area contributed by atoms with Gasteiger partial charge in [0, 0.05) is 17.2 Å². The highest BCUT2D eigenvalue weighted by molar-refractivity contribution is 6.04. The average Bonchev–Trinajstić information content (AvgIpc) is 3.18. The highest BCUT2D eigenvalue weighted by Gasteiger charge is 2.21. The molecule has 4 aromatic rings. The number of rotatable bonds is 5. The van der Waals surface area contributed by atoms with Crippen LogP contribution in [0, 0.1) is 0 Å². The predicted molar refractivity (Wildman–Crippen MR) is 120 cm³/mol. The standard InChI is InChI=1S/C27H20N2O2.BrH/c30-26(21-12-13-25-22(16-21)15-20-9-4-5-11-24(20)25)18-29-14-6-10-23(17-29)28-27(31)19-7-2-1-3-8-19;/h1-14,16-17H,15,18H2;1H. The highest BCUT2D eigenvalue weighted by atomic mass is 79.9. The number of hydrogen-bond acceptors (Lipinski definition) is 2. The molecule has 0 spiro atoms. The summed E-state index contributed by atoms with van der Waals surface area (Å²) < 4.78 is 1.80. The van der Waals surface area contributed by atoms with Crippen LogP contribution in [-0.4, -0.2) is 11.7 Å². The van der Waals surface area contributed by atoms with Crippen molar-refractivity contribution in [2.75, 3.05) is 5.32 Å². The Hall–Kier alpha value is -3.57. The van der Waals surface area contributed by atoms with Gasteiger partial charge in [0.05, 0.1) is 0 Å². The SMILES string of the molecule is O=C(C[n+]1cccc(NC(=O)c2ccccc2)c1)c1ccc2c(c1)Cc1ccccc1-2.[Br-]. The Morgan fingerprint density at radius 1 is 0.781 bits per heavy atom. The van der Waals surface area contributed by atoms with E-state index in [9.17, 15) is 9.59 Å². The van der Waals surface area contributed by atoms with Gasteiger partial charge in [-0.1, -0.05) is 54.6 Å². The molecule has 0 fully saturated rings. The number of hydrogen-bond donors (Lipinski definition) is 1. The lowest BCUT2D eigenvalue weighted by Gasteiger charge is -2.06. The number of benzene rings is 3. The molecule has 1 aliphatic carbocycles. The maximum atomic E-state index is 12.9. The van der Waals surface area contributed by atoms with Crippen molar-refractivity contribution in [2.45, 2.75) is 13.0 Å². The van der Waals surface area contributed by atoms with Crippen LogP contribution in [0.3, 0.4) is 0 Å². The van der Waals surface area contributed by atoms with Gasteiger partial charge < -0.3 is 22.3 Å². The second-order valence-corrected chi connectivity index (χ2v) is 7.71. The van der Waals surface area contributed by atoms with E-state index in [2.05, 4.69) is 29.6 Å². The zero-order valence-corrected chi connectivity index (χ0v) is 18.9. The molecule has 0 atom stereocenters. The number of aromatic nitrogens is 1. The Kier molecular flexibility index (Phi) is 6.28. The molecule has 0 unspecified atom stereocenters. The van der Waals surface area contributed by atoms with Gasteiger partial charge in [-0.2, -0.15) is 4.57 Å². The van der Waals surface area contributed by atoms with E-state index in [4.69, 9.17) is 0 Å². The summed E-state index contributed by atoms with van der Waals surface area (Å²) in [6, 6.07) is 27.0. The largest absolute Gasteiger partial charge is 1.00 e. The lowest BCUT2D eigenvalue weighted by atomic mass is 10.0. The molecule has 1 N–H and O–H groups in total. The van der Waals surface area contributed by atoms with Crippen LogP contribution in [0.15, 0.2) is 97.3 Å². The summed E-state index contributed by atoms with van der Waals surface area (Å²) in [6.45, 7) is 0.209. The zero-order chi connectivity index (χ0) is 21.2. The van der Waals surface area contributed by atoms with Crippen LogP contribution in [0.1, 0.15) is 31.8 Å². The van der Waals surface area contributed by atoms with E-state index in [1.165, 1.54) is 22.3 Å². The van der Waals surface area contributed by atoms with Crippen molar-refractivity contribution in [3.63, 3.8) is 0 Å². The van der Waals surface area contributed by atoms with Crippen molar-refractivity contribution >= 4 is 17.4 Å². The van der Waals surface area contributed by atoms with Crippen LogP contribution in [0.5, 0.6) is 0 Å². The Bertz CT molecular complexity index is 1300. The third-order valence-corrected chi connectivity index (χ3v) is 5.59. The molecular formula is C27H21BrN2O2. The molecule has 1 aromatic heterocycles. The maximum absolute atomic E-state index is 12.9. The normalized spacial score (nSPS) is 11.1. The molecule has 0 bridgehead atoms. The van der Waals surface area contributed by atoms with Gasteiger partial charge >= 0.3 is 0 Å². The first-order chi connectivity index (χ1) is 15.2. The third kappa shape index (κ3) is 4.39. The number of ketones is 1. The zero-order valence-electron chi connectivity index (χ0n) is 17.3. The average molecular weight is 485 g/mol. The van der Waals surface area contributed by atoms with Crippen molar-refractivity contribution in [1.29, 1.82) is 0 Å². The number of carbonyl (C=O) groups excluding carboxylic acids is 2. The summed E-state index contributed by atoms with van der Waals surface area (Å²) in [4.78, 5) is 25.3. The van der Waals surface area contributed by atoms with Gasteiger partial charge in [0.1, 0.15) is 5.69 Å². The monoisotopic (exact) mass is 484 g/mol. The molecule has 158 valence electrons. The minimum Gasteiger partial charge on any atom is -1.00 e. The maximum Gasteiger partial charge on any atom is 0.255 e. The fourth-order valence-electron chi connectivity index (χ4n) is 4.06. The molecule has 0 radical (unpaired) electrons. The van der Waals surface area contributed by atoms with Gasteiger partial charge in [0.15, 0.2) is 12.4 Å². The number of carbonyl (C=O) groups is 2. The van der Waals surface area contributed by atoms with Gasteiger partial charge in [-0.3, -0.25) is 9.59 Å².